The minimum Gasteiger partial charge on any atom is -0.0853 e. The molecule has 0 aliphatic heterocycles. The van der Waals surface area contributed by atoms with Crippen LogP contribution in [0.4, 0.5) is 0 Å². The van der Waals surface area contributed by atoms with Crippen LogP contribution in [0.15, 0.2) is 11.5 Å². The highest BCUT2D eigenvalue weighted by Crippen LogP contribution is 2.36. The van der Waals surface area contributed by atoms with E-state index in [9.17, 15) is 0 Å². The van der Waals surface area contributed by atoms with Gasteiger partial charge in [0.1, 0.15) is 0 Å². The van der Waals surface area contributed by atoms with Gasteiger partial charge in [0.15, 0.2) is 0 Å². The third-order valence-electron chi connectivity index (χ3n) is 1.03. The zero-order valence-electron chi connectivity index (χ0n) is 3.61. The molecular weight excluding hydrogens is 92.1 g/mol. The molecule has 1 saturated carbocycles. The molecule has 1 radical (unpaired) electrons. The second-order valence-electron chi connectivity index (χ2n) is 1.74. The Morgan fingerprint density at radius 3 is 2.17 bits per heavy atom. The van der Waals surface area contributed by atoms with Crippen molar-refractivity contribution in [3.05, 3.63) is 11.5 Å². The van der Waals surface area contributed by atoms with Gasteiger partial charge in [-0.2, -0.15) is 0 Å². The molecule has 0 aromatic rings. The highest BCUT2D eigenvalue weighted by molar-refractivity contribution is 7.84. The van der Waals surface area contributed by atoms with E-state index < -0.39 is 0 Å². The Morgan fingerprint density at radius 1 is 1.67 bits per heavy atom. The second-order valence-corrected chi connectivity index (χ2v) is 2.26. The summed E-state index contributed by atoms with van der Waals surface area (Å²) in [5.74, 6) is 0.722. The first-order valence-corrected chi connectivity index (χ1v) is 2.57. The van der Waals surface area contributed by atoms with Crippen molar-refractivity contribution in [1.82, 2.24) is 0 Å². The first kappa shape index (κ1) is 4.13. The van der Waals surface area contributed by atoms with Crippen LogP contribution in [0.5, 0.6) is 0 Å². The largest absolute Gasteiger partial charge is 0.0853 e. The lowest BCUT2D eigenvalue weighted by atomic mass is 10.4. The van der Waals surface area contributed by atoms with Crippen molar-refractivity contribution in [2.45, 2.75) is 12.8 Å². The summed E-state index contributed by atoms with van der Waals surface area (Å²) in [6.45, 7) is 3.63. The lowest BCUT2D eigenvalue weighted by Crippen LogP contribution is -1.64. The zero-order chi connectivity index (χ0) is 4.57. The molecule has 0 amide bonds. The highest BCUT2D eigenvalue weighted by Gasteiger charge is 2.22. The lowest BCUT2D eigenvalue weighted by Gasteiger charge is -1.80. The molecule has 0 atom stereocenters. The summed E-state index contributed by atoms with van der Waals surface area (Å²) in [4.78, 5) is 0.954. The van der Waals surface area contributed by atoms with Crippen LogP contribution in [0.1, 0.15) is 12.8 Å². The quantitative estimate of drug-likeness (QED) is 0.472. The predicted molar refractivity (Wildman–Crippen MR) is 29.5 cm³/mol. The van der Waals surface area contributed by atoms with Gasteiger partial charge in [0, 0.05) is 4.91 Å². The first-order chi connectivity index (χ1) is 2.80. The summed E-state index contributed by atoms with van der Waals surface area (Å²) < 4.78 is 0. The summed E-state index contributed by atoms with van der Waals surface area (Å²) in [7, 11) is 0. The molecule has 0 nitrogen and oxygen atoms in total. The Balaban J connectivity index is 2.31. The van der Waals surface area contributed by atoms with Gasteiger partial charge in [-0.25, -0.2) is 0 Å². The van der Waals surface area contributed by atoms with Crippen molar-refractivity contribution in [1.29, 1.82) is 0 Å². The van der Waals surface area contributed by atoms with Gasteiger partial charge in [0.05, 0.1) is 0 Å². The number of hydrogen-bond donors (Lipinski definition) is 0. The summed E-state index contributed by atoms with van der Waals surface area (Å²) in [5, 5.41) is 0. The Labute approximate surface area is 43.7 Å². The summed E-state index contributed by atoms with van der Waals surface area (Å²) in [6.07, 6.45) is 2.59. The molecule has 6 heavy (non-hydrogen) atoms. The lowest BCUT2D eigenvalue weighted by molar-refractivity contribution is 1.11. The molecule has 1 fully saturated rings. The van der Waals surface area contributed by atoms with Gasteiger partial charge in [0.2, 0.25) is 0 Å². The van der Waals surface area contributed by atoms with E-state index in [1.807, 2.05) is 0 Å². The molecule has 0 spiro atoms. The van der Waals surface area contributed by atoms with E-state index in [4.69, 9.17) is 12.6 Å². The van der Waals surface area contributed by atoms with Crippen molar-refractivity contribution in [3.63, 3.8) is 0 Å². The van der Waals surface area contributed by atoms with E-state index in [1.165, 1.54) is 12.8 Å². The van der Waals surface area contributed by atoms with Crippen LogP contribution in [-0.4, -0.2) is 0 Å². The molecule has 0 heterocycles. The standard InChI is InChI=1S/C5H7S/c1-4(6)5-2-3-5/h5H,1-3H2. The second kappa shape index (κ2) is 1.23. The zero-order valence-corrected chi connectivity index (χ0v) is 4.42. The van der Waals surface area contributed by atoms with Gasteiger partial charge < -0.3 is 0 Å². The van der Waals surface area contributed by atoms with Crippen LogP contribution < -0.4 is 0 Å². The van der Waals surface area contributed by atoms with E-state index in [-0.39, 0.29) is 0 Å². The van der Waals surface area contributed by atoms with Crippen molar-refractivity contribution < 1.29 is 0 Å². The maximum Gasteiger partial charge on any atom is 0.0111 e. The molecular formula is C5H7S. The average Bonchev–Trinajstić information content (AvgIpc) is 2.06. The maximum absolute atomic E-state index is 4.77. The normalized spacial score (nSPS) is 20.7. The summed E-state index contributed by atoms with van der Waals surface area (Å²) >= 11 is 4.77. The summed E-state index contributed by atoms with van der Waals surface area (Å²) in [5.41, 5.74) is 0. The third-order valence-corrected chi connectivity index (χ3v) is 1.37. The molecule has 0 N–H and O–H groups in total. The van der Waals surface area contributed by atoms with E-state index in [2.05, 4.69) is 6.58 Å². The molecule has 1 rings (SSSR count). The molecule has 0 saturated heterocycles. The van der Waals surface area contributed by atoms with Gasteiger partial charge in [-0.3, -0.25) is 0 Å². The van der Waals surface area contributed by atoms with E-state index in [1.54, 1.807) is 0 Å². The van der Waals surface area contributed by atoms with Crippen LogP contribution in [0, 0.1) is 5.92 Å². The van der Waals surface area contributed by atoms with E-state index in [0.717, 1.165) is 10.8 Å². The number of rotatable bonds is 1. The van der Waals surface area contributed by atoms with Crippen LogP contribution >= 0.6 is 12.6 Å². The molecule has 0 aromatic carbocycles. The highest BCUT2D eigenvalue weighted by atomic mass is 32.1. The molecule has 33 valence electrons. The molecule has 0 bridgehead atoms. The monoisotopic (exact) mass is 99.0 g/mol. The molecule has 1 aliphatic carbocycles. The van der Waals surface area contributed by atoms with Gasteiger partial charge >= 0.3 is 0 Å². The van der Waals surface area contributed by atoms with Gasteiger partial charge in [0.25, 0.3) is 0 Å². The fraction of sp³-hybridized carbons (Fsp3) is 0.600. The fourth-order valence-corrected chi connectivity index (χ4v) is 0.641. The van der Waals surface area contributed by atoms with E-state index >= 15 is 0 Å². The molecule has 0 unspecified atom stereocenters. The number of hydrogen-bond acceptors (Lipinski definition) is 0. The minimum absolute atomic E-state index is 0.722. The van der Waals surface area contributed by atoms with Crippen LogP contribution in [0.25, 0.3) is 0 Å². The Hall–Kier alpha value is -0.0400. The maximum atomic E-state index is 4.77. The Morgan fingerprint density at radius 2 is 2.17 bits per heavy atom. The van der Waals surface area contributed by atoms with Crippen LogP contribution in [0.3, 0.4) is 0 Å². The van der Waals surface area contributed by atoms with Crippen molar-refractivity contribution in [2.24, 2.45) is 5.92 Å². The third kappa shape index (κ3) is 0.716. The SMILES string of the molecule is C=C([S])C1CC1. The van der Waals surface area contributed by atoms with E-state index in [0.29, 0.717) is 0 Å². The molecule has 0 aromatic heterocycles. The Bertz CT molecular complexity index is 72.0. The first-order valence-electron chi connectivity index (χ1n) is 2.16. The summed E-state index contributed by atoms with van der Waals surface area (Å²) in [6, 6.07) is 0. The van der Waals surface area contributed by atoms with Crippen LogP contribution in [0.2, 0.25) is 0 Å². The number of allylic oxidation sites excluding steroid dienone is 1. The van der Waals surface area contributed by atoms with Gasteiger partial charge in [-0.05, 0) is 18.8 Å². The average molecular weight is 99.2 g/mol. The smallest absolute Gasteiger partial charge is 0.0111 e. The topological polar surface area (TPSA) is 0 Å². The van der Waals surface area contributed by atoms with Crippen molar-refractivity contribution in [2.75, 3.05) is 0 Å². The molecule has 1 heteroatoms. The van der Waals surface area contributed by atoms with Gasteiger partial charge in [-0.15, -0.1) is 0 Å². The Kier molecular flexibility index (Phi) is 0.845. The van der Waals surface area contributed by atoms with Crippen LogP contribution in [-0.2, 0) is 0 Å². The van der Waals surface area contributed by atoms with Crippen molar-refractivity contribution in [3.8, 4) is 0 Å². The minimum atomic E-state index is 0.722. The van der Waals surface area contributed by atoms with Crippen molar-refractivity contribution >= 4 is 12.6 Å². The molecule has 1 aliphatic rings. The van der Waals surface area contributed by atoms with Gasteiger partial charge in [-0.1, -0.05) is 19.2 Å². The fourth-order valence-electron chi connectivity index (χ4n) is 0.405. The predicted octanol–water partition coefficient (Wildman–Crippen LogP) is 2.11.